The van der Waals surface area contributed by atoms with Gasteiger partial charge in [0.2, 0.25) is 0 Å². The van der Waals surface area contributed by atoms with Crippen LogP contribution >= 0.6 is 0 Å². The van der Waals surface area contributed by atoms with Crippen molar-refractivity contribution in [1.82, 2.24) is 4.90 Å². The number of carbonyl (C=O) groups excluding carboxylic acids is 1. The van der Waals surface area contributed by atoms with Gasteiger partial charge in [-0.15, -0.1) is 0 Å². The molecule has 0 saturated carbocycles. The molecule has 21 heavy (non-hydrogen) atoms. The molecule has 0 radical (unpaired) electrons. The summed E-state index contributed by atoms with van der Waals surface area (Å²) in [6.45, 7) is 5.79. The van der Waals surface area contributed by atoms with E-state index in [4.69, 9.17) is 9.84 Å². The monoisotopic (exact) mass is 291 g/mol. The van der Waals surface area contributed by atoms with Crippen LogP contribution in [-0.4, -0.2) is 33.7 Å². The van der Waals surface area contributed by atoms with Crippen LogP contribution in [0.5, 0.6) is 0 Å². The van der Waals surface area contributed by atoms with E-state index in [1.807, 2.05) is 24.3 Å². The van der Waals surface area contributed by atoms with E-state index in [1.165, 1.54) is 4.90 Å². The number of amides is 1. The van der Waals surface area contributed by atoms with Crippen LogP contribution in [0.3, 0.4) is 0 Å². The molecule has 0 unspecified atom stereocenters. The minimum absolute atomic E-state index is 0.0758. The van der Waals surface area contributed by atoms with E-state index in [-0.39, 0.29) is 12.5 Å². The van der Waals surface area contributed by atoms with Gasteiger partial charge >= 0.3 is 12.1 Å². The molecule has 1 aromatic carbocycles. The van der Waals surface area contributed by atoms with E-state index >= 15 is 0 Å². The first-order valence-electron chi connectivity index (χ1n) is 7.04. The predicted octanol–water partition coefficient (Wildman–Crippen LogP) is 2.82. The van der Waals surface area contributed by atoms with Crippen molar-refractivity contribution in [2.24, 2.45) is 0 Å². The Kier molecular flexibility index (Phi) is 4.21. The van der Waals surface area contributed by atoms with Crippen molar-refractivity contribution in [3.8, 4) is 0 Å². The molecule has 1 amide bonds. The van der Waals surface area contributed by atoms with Crippen molar-refractivity contribution in [2.45, 2.75) is 51.8 Å². The standard InChI is InChI=1S/C16H21NO4/c1-16(2,3)21-15(20)17-10-12-7-5-4-6-11(12)8-13(17)9-14(18)19/h4-7,13H,8-10H2,1-3H3,(H,18,19)/t13-/m0/s1. The SMILES string of the molecule is CC(C)(C)OC(=O)N1Cc2ccccc2C[C@H]1CC(=O)O. The second-order valence-electron chi connectivity index (χ2n) is 6.33. The number of benzene rings is 1. The van der Waals surface area contributed by atoms with Crippen molar-refractivity contribution in [3.63, 3.8) is 0 Å². The third-order valence-corrected chi connectivity index (χ3v) is 3.39. The van der Waals surface area contributed by atoms with Crippen LogP contribution in [0.4, 0.5) is 4.79 Å². The molecule has 5 nitrogen and oxygen atoms in total. The molecular weight excluding hydrogens is 270 g/mol. The van der Waals surface area contributed by atoms with E-state index in [0.717, 1.165) is 11.1 Å². The lowest BCUT2D eigenvalue weighted by molar-refractivity contribution is -0.138. The fraction of sp³-hybridized carbons (Fsp3) is 0.500. The van der Waals surface area contributed by atoms with Crippen LogP contribution in [0.15, 0.2) is 24.3 Å². The Morgan fingerprint density at radius 2 is 1.90 bits per heavy atom. The minimum Gasteiger partial charge on any atom is -0.481 e. The Morgan fingerprint density at radius 1 is 1.29 bits per heavy atom. The minimum atomic E-state index is -0.909. The number of carboxylic acid groups (broad SMARTS) is 1. The molecule has 0 aliphatic carbocycles. The number of carbonyl (C=O) groups is 2. The summed E-state index contributed by atoms with van der Waals surface area (Å²) >= 11 is 0. The van der Waals surface area contributed by atoms with Gasteiger partial charge < -0.3 is 9.84 Å². The molecule has 0 saturated heterocycles. The first-order valence-corrected chi connectivity index (χ1v) is 7.04. The maximum Gasteiger partial charge on any atom is 0.410 e. The second-order valence-corrected chi connectivity index (χ2v) is 6.33. The Hall–Kier alpha value is -2.04. The molecule has 1 aliphatic heterocycles. The van der Waals surface area contributed by atoms with Gasteiger partial charge in [0.1, 0.15) is 5.60 Å². The molecule has 0 fully saturated rings. The smallest absolute Gasteiger partial charge is 0.410 e. The Labute approximate surface area is 124 Å². The van der Waals surface area contributed by atoms with E-state index in [1.54, 1.807) is 20.8 Å². The van der Waals surface area contributed by atoms with Gasteiger partial charge in [-0.2, -0.15) is 0 Å². The van der Waals surface area contributed by atoms with Crippen LogP contribution in [0.1, 0.15) is 38.3 Å². The van der Waals surface area contributed by atoms with Gasteiger partial charge in [0.15, 0.2) is 0 Å². The third-order valence-electron chi connectivity index (χ3n) is 3.39. The lowest BCUT2D eigenvalue weighted by atomic mass is 9.92. The molecule has 0 bridgehead atoms. The summed E-state index contributed by atoms with van der Waals surface area (Å²) in [4.78, 5) is 24.9. The fourth-order valence-electron chi connectivity index (χ4n) is 2.51. The molecule has 0 spiro atoms. The average Bonchev–Trinajstić information content (AvgIpc) is 2.35. The third kappa shape index (κ3) is 3.97. The summed E-state index contributed by atoms with van der Waals surface area (Å²) in [6, 6.07) is 7.43. The number of fused-ring (bicyclic) bond motifs is 1. The maximum atomic E-state index is 12.3. The number of hydrogen-bond acceptors (Lipinski definition) is 3. The van der Waals surface area contributed by atoms with Gasteiger partial charge in [0.25, 0.3) is 0 Å². The molecule has 0 aromatic heterocycles. The number of hydrogen-bond donors (Lipinski definition) is 1. The van der Waals surface area contributed by atoms with E-state index < -0.39 is 17.7 Å². The van der Waals surface area contributed by atoms with Gasteiger partial charge in [0.05, 0.1) is 6.42 Å². The number of rotatable bonds is 2. The lowest BCUT2D eigenvalue weighted by Gasteiger charge is -2.37. The highest BCUT2D eigenvalue weighted by atomic mass is 16.6. The second kappa shape index (κ2) is 5.76. The topological polar surface area (TPSA) is 66.8 Å². The van der Waals surface area contributed by atoms with Gasteiger partial charge in [-0.05, 0) is 38.3 Å². The molecule has 2 rings (SSSR count). The zero-order chi connectivity index (χ0) is 15.6. The van der Waals surface area contributed by atoms with Crippen LogP contribution in [0.25, 0.3) is 0 Å². The van der Waals surface area contributed by atoms with Crippen molar-refractivity contribution >= 4 is 12.1 Å². The maximum absolute atomic E-state index is 12.3. The van der Waals surface area contributed by atoms with Gasteiger partial charge in [-0.1, -0.05) is 24.3 Å². The summed E-state index contributed by atoms with van der Waals surface area (Å²) in [7, 11) is 0. The number of ether oxygens (including phenoxy) is 1. The Bertz CT molecular complexity index is 547. The zero-order valence-corrected chi connectivity index (χ0v) is 12.6. The summed E-state index contributed by atoms with van der Waals surface area (Å²) in [5.41, 5.74) is 1.55. The van der Waals surface area contributed by atoms with Crippen molar-refractivity contribution in [2.75, 3.05) is 0 Å². The van der Waals surface area contributed by atoms with E-state index in [9.17, 15) is 9.59 Å². The van der Waals surface area contributed by atoms with Crippen molar-refractivity contribution in [1.29, 1.82) is 0 Å². The summed E-state index contributed by atoms with van der Waals surface area (Å²) in [5, 5.41) is 9.07. The molecule has 1 N–H and O–H groups in total. The fourth-order valence-corrected chi connectivity index (χ4v) is 2.51. The van der Waals surface area contributed by atoms with Crippen LogP contribution in [0, 0.1) is 0 Å². The quantitative estimate of drug-likeness (QED) is 0.910. The number of aliphatic carboxylic acids is 1. The highest BCUT2D eigenvalue weighted by Crippen LogP contribution is 2.26. The van der Waals surface area contributed by atoms with Gasteiger partial charge in [0, 0.05) is 12.6 Å². The Balaban J connectivity index is 2.24. The van der Waals surface area contributed by atoms with E-state index in [2.05, 4.69) is 0 Å². The lowest BCUT2D eigenvalue weighted by Crippen LogP contribution is -2.47. The van der Waals surface area contributed by atoms with Gasteiger partial charge in [-0.3, -0.25) is 9.69 Å². The molecular formula is C16H21NO4. The highest BCUT2D eigenvalue weighted by Gasteiger charge is 2.33. The van der Waals surface area contributed by atoms with Crippen LogP contribution < -0.4 is 0 Å². The highest BCUT2D eigenvalue weighted by molar-refractivity contribution is 5.72. The summed E-state index contributed by atoms with van der Waals surface area (Å²) in [6.07, 6.45) is 0.0122. The largest absolute Gasteiger partial charge is 0.481 e. The van der Waals surface area contributed by atoms with Crippen molar-refractivity contribution < 1.29 is 19.4 Å². The van der Waals surface area contributed by atoms with E-state index in [0.29, 0.717) is 13.0 Å². The molecule has 1 atom stereocenters. The number of nitrogens with zero attached hydrogens (tertiary/aromatic N) is 1. The molecule has 1 aromatic rings. The normalized spacial score (nSPS) is 18.0. The number of carboxylic acids is 1. The molecule has 1 heterocycles. The summed E-state index contributed by atoms with van der Waals surface area (Å²) in [5.74, 6) is -0.909. The van der Waals surface area contributed by atoms with Crippen LogP contribution in [0.2, 0.25) is 0 Å². The summed E-state index contributed by atoms with van der Waals surface area (Å²) < 4.78 is 5.40. The first-order chi connectivity index (χ1) is 9.76. The van der Waals surface area contributed by atoms with Crippen molar-refractivity contribution in [3.05, 3.63) is 35.4 Å². The first kappa shape index (κ1) is 15.4. The molecule has 1 aliphatic rings. The van der Waals surface area contributed by atoms with Crippen LogP contribution in [-0.2, 0) is 22.5 Å². The Morgan fingerprint density at radius 3 is 2.48 bits per heavy atom. The predicted molar refractivity (Wildman–Crippen MR) is 78.0 cm³/mol. The van der Waals surface area contributed by atoms with Gasteiger partial charge in [-0.25, -0.2) is 4.79 Å². The average molecular weight is 291 g/mol. The molecule has 5 heteroatoms. The molecule has 114 valence electrons. The zero-order valence-electron chi connectivity index (χ0n) is 12.6.